The van der Waals surface area contributed by atoms with E-state index in [1.54, 1.807) is 4.40 Å². The Hall–Kier alpha value is -1.98. The maximum absolute atomic E-state index is 11.0. The van der Waals surface area contributed by atoms with E-state index in [1.807, 2.05) is 0 Å². The van der Waals surface area contributed by atoms with Gasteiger partial charge in [0.25, 0.3) is 0 Å². The molecule has 2 heterocycles. The van der Waals surface area contributed by atoms with Gasteiger partial charge in [-0.05, 0) is 0 Å². The summed E-state index contributed by atoms with van der Waals surface area (Å²) in [5.74, 6) is -0.476. The van der Waals surface area contributed by atoms with E-state index < -0.39 is 5.97 Å². The lowest BCUT2D eigenvalue weighted by Gasteiger charge is -1.97. The number of ether oxygens (including phenoxy) is 1. The van der Waals surface area contributed by atoms with Gasteiger partial charge >= 0.3 is 5.97 Å². The quantitative estimate of drug-likeness (QED) is 0.571. The van der Waals surface area contributed by atoms with Crippen LogP contribution in [0.1, 0.15) is 10.5 Å². The second-order valence-electron chi connectivity index (χ2n) is 2.36. The third kappa shape index (κ3) is 1.22. The molecule has 6 nitrogen and oxygen atoms in total. The van der Waals surface area contributed by atoms with Crippen LogP contribution in [-0.2, 0) is 4.74 Å². The molecule has 13 heavy (non-hydrogen) atoms. The Morgan fingerprint density at radius 2 is 2.46 bits per heavy atom. The summed E-state index contributed by atoms with van der Waals surface area (Å²) in [6.07, 6.45) is 4.46. The van der Waals surface area contributed by atoms with E-state index >= 15 is 0 Å². The molecule has 0 radical (unpaired) electrons. The van der Waals surface area contributed by atoms with Crippen molar-refractivity contribution in [3.05, 3.63) is 24.4 Å². The summed E-state index contributed by atoms with van der Waals surface area (Å²) in [5.41, 5.74) is 0.822. The van der Waals surface area contributed by atoms with Crippen LogP contribution in [0.3, 0.4) is 0 Å². The van der Waals surface area contributed by atoms with Gasteiger partial charge in [-0.2, -0.15) is 0 Å². The summed E-state index contributed by atoms with van der Waals surface area (Å²) in [4.78, 5) is 14.9. The van der Waals surface area contributed by atoms with Crippen molar-refractivity contribution in [1.29, 1.82) is 0 Å². The Balaban J connectivity index is 2.54. The number of carbonyl (C=O) groups excluding carboxylic acids is 1. The number of fused-ring (bicyclic) bond motifs is 1. The molecule has 0 atom stereocenters. The molecule has 0 aliphatic rings. The van der Waals surface area contributed by atoms with E-state index in [0.717, 1.165) is 0 Å². The average Bonchev–Trinajstić information content (AvgIpc) is 2.63. The van der Waals surface area contributed by atoms with E-state index in [-0.39, 0.29) is 5.69 Å². The highest BCUT2D eigenvalue weighted by Gasteiger charge is 2.07. The van der Waals surface area contributed by atoms with E-state index in [4.69, 9.17) is 0 Å². The molecule has 0 N–H and O–H groups in total. The van der Waals surface area contributed by atoms with Gasteiger partial charge in [0.15, 0.2) is 11.3 Å². The lowest BCUT2D eigenvalue weighted by molar-refractivity contribution is 0.0593. The molecule has 2 aromatic heterocycles. The third-order valence-electron chi connectivity index (χ3n) is 1.58. The molecule has 0 amide bonds. The van der Waals surface area contributed by atoms with E-state index in [9.17, 15) is 4.79 Å². The second kappa shape index (κ2) is 2.81. The van der Waals surface area contributed by atoms with Gasteiger partial charge in [-0.25, -0.2) is 9.78 Å². The summed E-state index contributed by atoms with van der Waals surface area (Å²) in [5, 5.41) is 7.39. The van der Waals surface area contributed by atoms with Crippen molar-refractivity contribution in [1.82, 2.24) is 19.6 Å². The number of carbonyl (C=O) groups is 1. The highest BCUT2D eigenvalue weighted by molar-refractivity contribution is 5.86. The topological polar surface area (TPSA) is 69.4 Å². The Morgan fingerprint density at radius 3 is 3.23 bits per heavy atom. The largest absolute Gasteiger partial charge is 0.464 e. The first kappa shape index (κ1) is 7.66. The number of esters is 1. The fraction of sp³-hybridized carbons (Fsp3) is 0.143. The number of hydrogen-bond donors (Lipinski definition) is 0. The number of rotatable bonds is 1. The Morgan fingerprint density at radius 1 is 1.62 bits per heavy atom. The summed E-state index contributed by atoms with van der Waals surface area (Å²) in [7, 11) is 1.31. The van der Waals surface area contributed by atoms with Gasteiger partial charge in [0.2, 0.25) is 0 Å². The number of nitrogens with zero attached hydrogens (tertiary/aromatic N) is 4. The number of aromatic nitrogens is 4. The summed E-state index contributed by atoms with van der Waals surface area (Å²) in [6, 6.07) is 0. The predicted octanol–water partition coefficient (Wildman–Crippen LogP) is -0.0891. The minimum atomic E-state index is -0.476. The molecule has 0 saturated heterocycles. The Kier molecular flexibility index (Phi) is 1.66. The zero-order chi connectivity index (χ0) is 9.26. The first-order valence-electron chi connectivity index (χ1n) is 3.55. The van der Waals surface area contributed by atoms with Crippen molar-refractivity contribution in [3.63, 3.8) is 0 Å². The Labute approximate surface area is 73.2 Å². The molecule has 0 fully saturated rings. The van der Waals surface area contributed by atoms with Gasteiger partial charge in [0, 0.05) is 6.20 Å². The van der Waals surface area contributed by atoms with Crippen molar-refractivity contribution in [3.8, 4) is 0 Å². The summed E-state index contributed by atoms with van der Waals surface area (Å²) >= 11 is 0. The lowest BCUT2D eigenvalue weighted by Crippen LogP contribution is -2.05. The predicted molar refractivity (Wildman–Crippen MR) is 42.1 cm³/mol. The zero-order valence-electron chi connectivity index (χ0n) is 6.84. The van der Waals surface area contributed by atoms with Crippen LogP contribution in [0.2, 0.25) is 0 Å². The fourth-order valence-corrected chi connectivity index (χ4v) is 0.946. The second-order valence-corrected chi connectivity index (χ2v) is 2.36. The van der Waals surface area contributed by atoms with Crippen LogP contribution in [0.5, 0.6) is 0 Å². The van der Waals surface area contributed by atoms with Crippen LogP contribution < -0.4 is 0 Å². The van der Waals surface area contributed by atoms with E-state index in [0.29, 0.717) is 5.65 Å². The monoisotopic (exact) mass is 178 g/mol. The minimum Gasteiger partial charge on any atom is -0.464 e. The molecule has 2 aromatic rings. The standard InChI is InChI=1S/C7H6N4O2/c1-13-7(12)5-3-11-4-9-10-6(11)2-8-5/h2-4H,1H3. The minimum absolute atomic E-state index is 0.231. The molecule has 6 heteroatoms. The number of hydrogen-bond acceptors (Lipinski definition) is 5. The van der Waals surface area contributed by atoms with Gasteiger partial charge in [-0.15, -0.1) is 10.2 Å². The van der Waals surface area contributed by atoms with Crippen LogP contribution >= 0.6 is 0 Å². The molecular formula is C7H6N4O2. The first-order valence-corrected chi connectivity index (χ1v) is 3.55. The van der Waals surface area contributed by atoms with Crippen molar-refractivity contribution in [2.75, 3.05) is 7.11 Å². The third-order valence-corrected chi connectivity index (χ3v) is 1.58. The molecule has 0 aromatic carbocycles. The lowest BCUT2D eigenvalue weighted by atomic mass is 10.4. The molecule has 0 spiro atoms. The van der Waals surface area contributed by atoms with Crippen LogP contribution in [0.4, 0.5) is 0 Å². The number of methoxy groups -OCH3 is 1. The maximum Gasteiger partial charge on any atom is 0.358 e. The highest BCUT2D eigenvalue weighted by Crippen LogP contribution is 2.00. The van der Waals surface area contributed by atoms with Crippen molar-refractivity contribution >= 4 is 11.6 Å². The van der Waals surface area contributed by atoms with Crippen LogP contribution in [-0.4, -0.2) is 32.7 Å². The smallest absolute Gasteiger partial charge is 0.358 e. The van der Waals surface area contributed by atoms with E-state index in [1.165, 1.54) is 25.8 Å². The van der Waals surface area contributed by atoms with Gasteiger partial charge in [-0.1, -0.05) is 0 Å². The molecule has 0 bridgehead atoms. The fourth-order valence-electron chi connectivity index (χ4n) is 0.946. The van der Waals surface area contributed by atoms with Gasteiger partial charge in [0.05, 0.1) is 13.3 Å². The first-order chi connectivity index (χ1) is 6.31. The molecule has 0 aliphatic carbocycles. The van der Waals surface area contributed by atoms with Gasteiger partial charge in [0.1, 0.15) is 6.33 Å². The molecule has 0 unspecified atom stereocenters. The van der Waals surface area contributed by atoms with Crippen molar-refractivity contribution < 1.29 is 9.53 Å². The molecule has 66 valence electrons. The highest BCUT2D eigenvalue weighted by atomic mass is 16.5. The average molecular weight is 178 g/mol. The SMILES string of the molecule is COC(=O)c1cn2cnnc2cn1. The van der Waals surface area contributed by atoms with Crippen LogP contribution in [0.25, 0.3) is 5.65 Å². The zero-order valence-corrected chi connectivity index (χ0v) is 6.84. The van der Waals surface area contributed by atoms with Crippen molar-refractivity contribution in [2.24, 2.45) is 0 Å². The van der Waals surface area contributed by atoms with Crippen molar-refractivity contribution in [2.45, 2.75) is 0 Å². The van der Waals surface area contributed by atoms with E-state index in [2.05, 4.69) is 19.9 Å². The molecular weight excluding hydrogens is 172 g/mol. The Bertz CT molecular complexity index is 450. The summed E-state index contributed by atoms with van der Waals surface area (Å²) < 4.78 is 6.10. The van der Waals surface area contributed by atoms with Gasteiger partial charge < -0.3 is 4.74 Å². The molecule has 0 aliphatic heterocycles. The van der Waals surface area contributed by atoms with Crippen LogP contribution in [0, 0.1) is 0 Å². The normalized spacial score (nSPS) is 10.2. The molecule has 2 rings (SSSR count). The molecule has 0 saturated carbocycles. The maximum atomic E-state index is 11.0. The van der Waals surface area contributed by atoms with Gasteiger partial charge in [-0.3, -0.25) is 4.40 Å². The summed E-state index contributed by atoms with van der Waals surface area (Å²) in [6.45, 7) is 0. The van der Waals surface area contributed by atoms with Crippen LogP contribution in [0.15, 0.2) is 18.7 Å².